The zero-order chi connectivity index (χ0) is 26.9. The van der Waals surface area contributed by atoms with Crippen molar-refractivity contribution in [3.05, 3.63) is 76.9 Å². The molecule has 196 valence electrons. The van der Waals surface area contributed by atoms with Crippen LogP contribution in [0.25, 0.3) is 11.1 Å². The first-order chi connectivity index (χ1) is 17.6. The lowest BCUT2D eigenvalue weighted by Crippen LogP contribution is -2.26. The van der Waals surface area contributed by atoms with Gasteiger partial charge in [-0.05, 0) is 68.4 Å². The van der Waals surface area contributed by atoms with E-state index < -0.39 is 75.3 Å². The van der Waals surface area contributed by atoms with E-state index in [9.17, 15) is 31.9 Å². The van der Waals surface area contributed by atoms with Gasteiger partial charge in [-0.15, -0.1) is 0 Å². The zero-order valence-electron chi connectivity index (χ0n) is 19.6. The summed E-state index contributed by atoms with van der Waals surface area (Å²) in [6.07, 6.45) is 0.975. The molecule has 0 aromatic heterocycles. The molecule has 0 radical (unpaired) electrons. The third kappa shape index (κ3) is 5.10. The van der Waals surface area contributed by atoms with Gasteiger partial charge in [-0.2, -0.15) is 13.2 Å². The molecule has 1 saturated carbocycles. The van der Waals surface area contributed by atoms with Crippen LogP contribution >= 0.6 is 0 Å². The molecule has 37 heavy (non-hydrogen) atoms. The number of rotatable bonds is 6. The molecule has 0 heterocycles. The van der Waals surface area contributed by atoms with Crippen LogP contribution in [-0.2, 0) is 4.79 Å². The molecule has 1 fully saturated rings. The Hall–Kier alpha value is -3.69. The lowest BCUT2D eigenvalue weighted by atomic mass is 9.78. The average molecular weight is 524 g/mol. The number of phenolic OH excluding ortho intramolecular Hbond substituents is 1. The monoisotopic (exact) mass is 524 g/mol. The van der Waals surface area contributed by atoms with Crippen LogP contribution in [0.1, 0.15) is 44.1 Å². The van der Waals surface area contributed by atoms with Gasteiger partial charge in [0.25, 0.3) is 0 Å². The Bertz CT molecular complexity index is 1340. The van der Waals surface area contributed by atoms with Gasteiger partial charge in [0.1, 0.15) is 0 Å². The highest BCUT2D eigenvalue weighted by atomic mass is 19.2. The SMILES string of the molecule is CCOc1ccc(-c2ccc(C3CCC(C(=O)Oc4ccc(O)c(F)c4F)CC3)c(F)c2F)c(F)c1F. The van der Waals surface area contributed by atoms with Crippen molar-refractivity contribution in [1.82, 2.24) is 0 Å². The molecule has 0 spiro atoms. The Labute approximate surface area is 208 Å². The first-order valence-corrected chi connectivity index (χ1v) is 11.6. The summed E-state index contributed by atoms with van der Waals surface area (Å²) >= 11 is 0. The van der Waals surface area contributed by atoms with E-state index in [1.165, 1.54) is 12.1 Å². The maximum atomic E-state index is 15.0. The van der Waals surface area contributed by atoms with E-state index in [2.05, 4.69) is 0 Å². The second kappa shape index (κ2) is 10.7. The molecule has 0 unspecified atom stereocenters. The molecule has 1 N–H and O–H groups in total. The number of hydrogen-bond acceptors (Lipinski definition) is 4. The van der Waals surface area contributed by atoms with Crippen LogP contribution in [0.5, 0.6) is 17.2 Å². The van der Waals surface area contributed by atoms with Crippen molar-refractivity contribution in [2.24, 2.45) is 5.92 Å². The highest BCUT2D eigenvalue weighted by Crippen LogP contribution is 2.40. The van der Waals surface area contributed by atoms with Crippen LogP contribution in [0.2, 0.25) is 0 Å². The molecule has 4 rings (SSSR count). The quantitative estimate of drug-likeness (QED) is 0.211. The Morgan fingerprint density at radius 3 is 1.97 bits per heavy atom. The molecule has 1 aliphatic rings. The summed E-state index contributed by atoms with van der Waals surface area (Å²) in [5, 5.41) is 9.17. The summed E-state index contributed by atoms with van der Waals surface area (Å²) in [6, 6.07) is 6.51. The fraction of sp³-hybridized carbons (Fsp3) is 0.296. The average Bonchev–Trinajstić information content (AvgIpc) is 2.89. The van der Waals surface area contributed by atoms with Crippen molar-refractivity contribution in [1.29, 1.82) is 0 Å². The van der Waals surface area contributed by atoms with Gasteiger partial charge in [0.05, 0.1) is 12.5 Å². The van der Waals surface area contributed by atoms with Crippen molar-refractivity contribution in [3.63, 3.8) is 0 Å². The maximum Gasteiger partial charge on any atom is 0.314 e. The van der Waals surface area contributed by atoms with Crippen LogP contribution in [0.3, 0.4) is 0 Å². The molecule has 1 aliphatic carbocycles. The Morgan fingerprint density at radius 2 is 1.32 bits per heavy atom. The number of phenols is 1. The molecule has 3 aromatic rings. The highest BCUT2D eigenvalue weighted by Gasteiger charge is 2.32. The summed E-state index contributed by atoms with van der Waals surface area (Å²) in [5.41, 5.74) is -0.860. The summed E-state index contributed by atoms with van der Waals surface area (Å²) in [6.45, 7) is 1.69. The third-order valence-corrected chi connectivity index (χ3v) is 6.49. The highest BCUT2D eigenvalue weighted by molar-refractivity contribution is 5.75. The molecular formula is C27H22F6O4. The third-order valence-electron chi connectivity index (χ3n) is 6.49. The number of halogens is 6. The normalized spacial score (nSPS) is 17.5. The number of carbonyl (C=O) groups excluding carboxylic acids is 1. The van der Waals surface area contributed by atoms with E-state index in [4.69, 9.17) is 9.47 Å². The van der Waals surface area contributed by atoms with E-state index in [-0.39, 0.29) is 43.6 Å². The van der Waals surface area contributed by atoms with Gasteiger partial charge >= 0.3 is 5.97 Å². The van der Waals surface area contributed by atoms with Gasteiger partial charge < -0.3 is 14.6 Å². The lowest BCUT2D eigenvalue weighted by Gasteiger charge is -2.28. The molecule has 0 saturated heterocycles. The van der Waals surface area contributed by atoms with Gasteiger partial charge in [-0.25, -0.2) is 13.2 Å². The van der Waals surface area contributed by atoms with Crippen LogP contribution in [0.4, 0.5) is 26.3 Å². The second-order valence-electron chi connectivity index (χ2n) is 8.68. The zero-order valence-corrected chi connectivity index (χ0v) is 19.6. The minimum absolute atomic E-state index is 0.0338. The molecule has 3 aromatic carbocycles. The number of carbonyl (C=O) groups is 1. The topological polar surface area (TPSA) is 55.8 Å². The number of esters is 1. The molecule has 0 aliphatic heterocycles. The van der Waals surface area contributed by atoms with Crippen LogP contribution in [0, 0.1) is 40.8 Å². The largest absolute Gasteiger partial charge is 0.505 e. The molecule has 4 nitrogen and oxygen atoms in total. The molecule has 0 amide bonds. The van der Waals surface area contributed by atoms with E-state index in [1.807, 2.05) is 0 Å². The van der Waals surface area contributed by atoms with Crippen molar-refractivity contribution in [2.75, 3.05) is 6.61 Å². The molecule has 0 bridgehead atoms. The Kier molecular flexibility index (Phi) is 7.65. The summed E-state index contributed by atoms with van der Waals surface area (Å²) in [5.74, 6) is -12.1. The first-order valence-electron chi connectivity index (χ1n) is 11.6. The molecular weight excluding hydrogens is 502 g/mol. The predicted octanol–water partition coefficient (Wildman–Crippen LogP) is 7.17. The van der Waals surface area contributed by atoms with Gasteiger partial charge in [0.15, 0.2) is 34.7 Å². The predicted molar refractivity (Wildman–Crippen MR) is 121 cm³/mol. The first kappa shape index (κ1) is 26.4. The number of ether oxygens (including phenoxy) is 2. The second-order valence-corrected chi connectivity index (χ2v) is 8.68. The van der Waals surface area contributed by atoms with Crippen LogP contribution in [0.15, 0.2) is 36.4 Å². The standard InChI is InChI=1S/C27H22F6O4/c1-2-36-19-11-9-17(23(30)25(19)32)16-8-7-15(21(28)22(16)29)13-3-5-14(6-4-13)27(35)37-20-12-10-18(34)24(31)26(20)33/h7-14,34H,2-6H2,1H3. The van der Waals surface area contributed by atoms with Crippen LogP contribution < -0.4 is 9.47 Å². The van der Waals surface area contributed by atoms with Gasteiger partial charge in [0.2, 0.25) is 17.5 Å². The number of benzene rings is 3. The number of aromatic hydroxyl groups is 1. The summed E-state index contributed by atoms with van der Waals surface area (Å²) < 4.78 is 96.0. The van der Waals surface area contributed by atoms with E-state index in [0.717, 1.165) is 24.3 Å². The number of hydrogen-bond donors (Lipinski definition) is 1. The summed E-state index contributed by atoms with van der Waals surface area (Å²) in [4.78, 5) is 12.4. The van der Waals surface area contributed by atoms with E-state index in [1.54, 1.807) is 6.92 Å². The summed E-state index contributed by atoms with van der Waals surface area (Å²) in [7, 11) is 0. The van der Waals surface area contributed by atoms with Gasteiger partial charge in [0, 0.05) is 11.1 Å². The fourth-order valence-corrected chi connectivity index (χ4v) is 4.53. The minimum Gasteiger partial charge on any atom is -0.505 e. The molecule has 0 atom stereocenters. The maximum absolute atomic E-state index is 15.0. The minimum atomic E-state index is -1.54. The van der Waals surface area contributed by atoms with Gasteiger partial charge in [-0.1, -0.05) is 12.1 Å². The lowest BCUT2D eigenvalue weighted by molar-refractivity contribution is -0.140. The smallest absolute Gasteiger partial charge is 0.314 e. The van der Waals surface area contributed by atoms with Crippen molar-refractivity contribution in [3.8, 4) is 28.4 Å². The van der Waals surface area contributed by atoms with E-state index in [0.29, 0.717) is 0 Å². The Morgan fingerprint density at radius 1 is 0.757 bits per heavy atom. The fourth-order valence-electron chi connectivity index (χ4n) is 4.53. The molecule has 10 heteroatoms. The van der Waals surface area contributed by atoms with Crippen molar-refractivity contribution >= 4 is 5.97 Å². The Balaban J connectivity index is 1.47. The van der Waals surface area contributed by atoms with Crippen molar-refractivity contribution in [2.45, 2.75) is 38.5 Å². The van der Waals surface area contributed by atoms with Crippen molar-refractivity contribution < 1.29 is 45.7 Å². The van der Waals surface area contributed by atoms with Gasteiger partial charge in [-0.3, -0.25) is 4.79 Å². The van der Waals surface area contributed by atoms with E-state index >= 15 is 4.39 Å². The van der Waals surface area contributed by atoms with Crippen LogP contribution in [-0.4, -0.2) is 17.7 Å².